The molecule has 112 valence electrons. The van der Waals surface area contributed by atoms with Gasteiger partial charge in [0.05, 0.1) is 12.8 Å². The number of H-pyrrole nitrogens is 1. The molecule has 1 aromatic carbocycles. The van der Waals surface area contributed by atoms with E-state index < -0.39 is 11.9 Å². The Morgan fingerprint density at radius 2 is 1.62 bits per heavy atom. The predicted molar refractivity (Wildman–Crippen MR) is 79.4 cm³/mol. The molecule has 0 fully saturated rings. The van der Waals surface area contributed by atoms with E-state index in [0.29, 0.717) is 0 Å². The number of aromatic amines is 1. The highest BCUT2D eigenvalue weighted by molar-refractivity contribution is 5.84. The fraction of sp³-hybridized carbons (Fsp3) is 0.375. The Bertz CT molecular complexity index is 631. The summed E-state index contributed by atoms with van der Waals surface area (Å²) in [5, 5.41) is 17.2. The van der Waals surface area contributed by atoms with Crippen molar-refractivity contribution in [3.05, 3.63) is 35.5 Å². The number of hydrogen-bond acceptors (Lipinski definition) is 2. The fourth-order valence-corrected chi connectivity index (χ4v) is 2.57. The molecule has 0 saturated heterocycles. The second-order valence-corrected chi connectivity index (χ2v) is 5.12. The minimum absolute atomic E-state index is 0.296. The maximum atomic E-state index is 9.64. The monoisotopic (exact) mass is 289 g/mol. The van der Waals surface area contributed by atoms with E-state index in [2.05, 4.69) is 29.2 Å². The van der Waals surface area contributed by atoms with Crippen molar-refractivity contribution in [1.82, 2.24) is 4.98 Å². The molecular weight excluding hydrogens is 270 g/mol. The third-order valence-electron chi connectivity index (χ3n) is 3.56. The van der Waals surface area contributed by atoms with Crippen LogP contribution < -0.4 is 0 Å². The van der Waals surface area contributed by atoms with E-state index in [-0.39, 0.29) is 12.8 Å². The molecule has 1 aromatic heterocycles. The standard InChI is InChI=1S/C12H13N.C4H6O4/c1-3-7-11-9(5-1)10-6-2-4-8-12(10)13-11;5-3(6)1-2-4(7)8/h1,3,5,7,13H,2,4,6,8H2;1-2H2,(H,5,6)(H,7,8). The smallest absolute Gasteiger partial charge is 0.303 e. The van der Waals surface area contributed by atoms with Gasteiger partial charge in [-0.2, -0.15) is 0 Å². The van der Waals surface area contributed by atoms with Gasteiger partial charge in [-0.1, -0.05) is 18.2 Å². The first-order valence-electron chi connectivity index (χ1n) is 7.10. The molecule has 0 unspecified atom stereocenters. The first-order chi connectivity index (χ1) is 10.1. The Kier molecular flexibility index (Phi) is 4.98. The zero-order chi connectivity index (χ0) is 15.2. The maximum absolute atomic E-state index is 9.64. The summed E-state index contributed by atoms with van der Waals surface area (Å²) < 4.78 is 0. The van der Waals surface area contributed by atoms with Crippen molar-refractivity contribution in [3.63, 3.8) is 0 Å². The predicted octanol–water partition coefficient (Wildman–Crippen LogP) is 2.98. The van der Waals surface area contributed by atoms with Crippen LogP contribution in [-0.4, -0.2) is 27.1 Å². The molecule has 0 atom stereocenters. The second-order valence-electron chi connectivity index (χ2n) is 5.12. The van der Waals surface area contributed by atoms with Crippen LogP contribution in [0.2, 0.25) is 0 Å². The van der Waals surface area contributed by atoms with Crippen molar-refractivity contribution in [3.8, 4) is 0 Å². The van der Waals surface area contributed by atoms with E-state index in [4.69, 9.17) is 10.2 Å². The third kappa shape index (κ3) is 4.08. The highest BCUT2D eigenvalue weighted by atomic mass is 16.4. The molecule has 5 nitrogen and oxygen atoms in total. The third-order valence-corrected chi connectivity index (χ3v) is 3.56. The van der Waals surface area contributed by atoms with Crippen molar-refractivity contribution in [2.75, 3.05) is 0 Å². The zero-order valence-corrected chi connectivity index (χ0v) is 11.8. The molecule has 0 saturated carbocycles. The molecule has 1 aliphatic rings. The molecule has 0 bridgehead atoms. The van der Waals surface area contributed by atoms with E-state index in [1.807, 2.05) is 0 Å². The van der Waals surface area contributed by atoms with Crippen molar-refractivity contribution >= 4 is 22.8 Å². The lowest BCUT2D eigenvalue weighted by Crippen LogP contribution is -2.00. The van der Waals surface area contributed by atoms with Crippen molar-refractivity contribution < 1.29 is 19.8 Å². The number of rotatable bonds is 3. The van der Waals surface area contributed by atoms with Gasteiger partial charge in [0.25, 0.3) is 0 Å². The maximum Gasteiger partial charge on any atom is 0.303 e. The lowest BCUT2D eigenvalue weighted by atomic mass is 9.96. The van der Waals surface area contributed by atoms with E-state index in [1.54, 1.807) is 5.56 Å². The molecule has 2 aromatic rings. The number of aromatic nitrogens is 1. The first kappa shape index (κ1) is 15.1. The number of carboxylic acids is 2. The number of benzene rings is 1. The second kappa shape index (κ2) is 6.92. The average molecular weight is 289 g/mol. The number of aryl methyl sites for hydroxylation is 2. The molecule has 0 spiro atoms. The van der Waals surface area contributed by atoms with E-state index in [1.165, 1.54) is 42.3 Å². The minimum Gasteiger partial charge on any atom is -0.481 e. The summed E-state index contributed by atoms with van der Waals surface area (Å²) in [4.78, 5) is 22.8. The molecule has 0 aliphatic heterocycles. The van der Waals surface area contributed by atoms with Gasteiger partial charge in [-0.3, -0.25) is 9.59 Å². The van der Waals surface area contributed by atoms with Crippen LogP contribution in [0.5, 0.6) is 0 Å². The fourth-order valence-electron chi connectivity index (χ4n) is 2.57. The van der Waals surface area contributed by atoms with E-state index in [9.17, 15) is 9.59 Å². The first-order valence-corrected chi connectivity index (χ1v) is 7.10. The normalized spacial score (nSPS) is 13.1. The highest BCUT2D eigenvalue weighted by Crippen LogP contribution is 2.28. The number of carbonyl (C=O) groups is 2. The average Bonchev–Trinajstić information content (AvgIpc) is 2.84. The van der Waals surface area contributed by atoms with Gasteiger partial charge in [-0.05, 0) is 37.3 Å². The van der Waals surface area contributed by atoms with Crippen LogP contribution in [0.3, 0.4) is 0 Å². The summed E-state index contributed by atoms with van der Waals surface area (Å²) >= 11 is 0. The SMILES string of the molecule is O=C(O)CCC(=O)O.c1ccc2c3c([nH]c2c1)CCCC3. The number of hydrogen-bond donors (Lipinski definition) is 3. The van der Waals surface area contributed by atoms with Crippen LogP contribution in [0.4, 0.5) is 0 Å². The number of nitrogens with one attached hydrogen (secondary N) is 1. The summed E-state index contributed by atoms with van der Waals surface area (Å²) in [5.41, 5.74) is 4.36. The van der Waals surface area contributed by atoms with Crippen LogP contribution in [0.15, 0.2) is 24.3 Å². The van der Waals surface area contributed by atoms with Gasteiger partial charge in [0.15, 0.2) is 0 Å². The molecular formula is C16H19NO4. The highest BCUT2D eigenvalue weighted by Gasteiger charge is 2.13. The number of para-hydroxylation sites is 1. The van der Waals surface area contributed by atoms with Gasteiger partial charge in [0.1, 0.15) is 0 Å². The molecule has 3 rings (SSSR count). The van der Waals surface area contributed by atoms with Crippen molar-refractivity contribution in [2.45, 2.75) is 38.5 Å². The van der Waals surface area contributed by atoms with E-state index >= 15 is 0 Å². The van der Waals surface area contributed by atoms with Crippen molar-refractivity contribution in [2.24, 2.45) is 0 Å². The summed E-state index contributed by atoms with van der Waals surface area (Å²) in [6, 6.07) is 8.64. The van der Waals surface area contributed by atoms with Crippen LogP contribution in [0.1, 0.15) is 36.9 Å². The molecule has 0 radical (unpaired) electrons. The summed E-state index contributed by atoms with van der Waals surface area (Å²) in [6.45, 7) is 0. The molecule has 1 heterocycles. The largest absolute Gasteiger partial charge is 0.481 e. The van der Waals surface area contributed by atoms with Crippen LogP contribution in [0.25, 0.3) is 10.9 Å². The molecule has 0 amide bonds. The lowest BCUT2D eigenvalue weighted by Gasteiger charge is -2.10. The summed E-state index contributed by atoms with van der Waals surface area (Å²) in [7, 11) is 0. The molecule has 1 aliphatic carbocycles. The Balaban J connectivity index is 0.000000177. The van der Waals surface area contributed by atoms with Gasteiger partial charge in [-0.25, -0.2) is 0 Å². The Morgan fingerprint density at radius 3 is 2.29 bits per heavy atom. The van der Waals surface area contributed by atoms with Gasteiger partial charge < -0.3 is 15.2 Å². The van der Waals surface area contributed by atoms with Gasteiger partial charge in [0, 0.05) is 16.6 Å². The number of fused-ring (bicyclic) bond motifs is 3. The Labute approximate surface area is 122 Å². The minimum atomic E-state index is -1.08. The van der Waals surface area contributed by atoms with Gasteiger partial charge in [0.2, 0.25) is 0 Å². The van der Waals surface area contributed by atoms with Crippen LogP contribution in [-0.2, 0) is 22.4 Å². The van der Waals surface area contributed by atoms with E-state index in [0.717, 1.165) is 0 Å². The summed E-state index contributed by atoms with van der Waals surface area (Å²) in [5.74, 6) is -2.15. The van der Waals surface area contributed by atoms with Crippen molar-refractivity contribution in [1.29, 1.82) is 0 Å². The molecule has 3 N–H and O–H groups in total. The quantitative estimate of drug-likeness (QED) is 0.810. The number of carboxylic acid groups (broad SMARTS) is 2. The zero-order valence-electron chi connectivity index (χ0n) is 11.8. The van der Waals surface area contributed by atoms with Gasteiger partial charge in [-0.15, -0.1) is 0 Å². The van der Waals surface area contributed by atoms with Crippen LogP contribution >= 0.6 is 0 Å². The lowest BCUT2D eigenvalue weighted by molar-refractivity contribution is -0.143. The van der Waals surface area contributed by atoms with Crippen LogP contribution in [0, 0.1) is 0 Å². The Hall–Kier alpha value is -2.30. The molecule has 5 heteroatoms. The summed E-state index contributed by atoms with van der Waals surface area (Å²) in [6.07, 6.45) is 4.61. The Morgan fingerprint density at radius 1 is 1.00 bits per heavy atom. The van der Waals surface area contributed by atoms with Gasteiger partial charge >= 0.3 is 11.9 Å². The number of aliphatic carboxylic acids is 2. The topological polar surface area (TPSA) is 90.4 Å². The molecule has 21 heavy (non-hydrogen) atoms.